The average Bonchev–Trinajstić information content (AvgIpc) is 3.22. The Kier molecular flexibility index (Phi) is 5.20. The van der Waals surface area contributed by atoms with Crippen LogP contribution in [0.25, 0.3) is 17.0 Å². The second-order valence-electron chi connectivity index (χ2n) is 6.80. The summed E-state index contributed by atoms with van der Waals surface area (Å²) in [5.41, 5.74) is 1.42. The summed E-state index contributed by atoms with van der Waals surface area (Å²) in [5.74, 6) is -2.01. The quantitative estimate of drug-likeness (QED) is 0.492. The van der Waals surface area contributed by atoms with Crippen molar-refractivity contribution in [2.45, 2.75) is 6.54 Å². The number of fused-ring (bicyclic) bond motifs is 1. The first-order valence-corrected chi connectivity index (χ1v) is 9.31. The van der Waals surface area contributed by atoms with E-state index in [1.807, 2.05) is 24.3 Å². The van der Waals surface area contributed by atoms with Gasteiger partial charge in [-0.15, -0.1) is 0 Å². The van der Waals surface area contributed by atoms with E-state index in [2.05, 4.69) is 16.7 Å². The Morgan fingerprint density at radius 3 is 2.68 bits per heavy atom. The van der Waals surface area contributed by atoms with Crippen LogP contribution in [-0.4, -0.2) is 33.9 Å². The first-order chi connectivity index (χ1) is 15.0. The van der Waals surface area contributed by atoms with Gasteiger partial charge in [-0.3, -0.25) is 9.59 Å². The van der Waals surface area contributed by atoms with Gasteiger partial charge < -0.3 is 15.2 Å². The number of carbonyl (C=O) groups is 3. The lowest BCUT2D eigenvalue weighted by Gasteiger charge is -2.12. The van der Waals surface area contributed by atoms with Gasteiger partial charge in [-0.25, -0.2) is 14.1 Å². The molecule has 0 bridgehead atoms. The topological polar surface area (TPSA) is 107 Å². The molecule has 2 heterocycles. The minimum atomic E-state index is -0.749. The van der Waals surface area contributed by atoms with Gasteiger partial charge in [0.1, 0.15) is 24.6 Å². The van der Waals surface area contributed by atoms with Crippen LogP contribution in [0.1, 0.15) is 5.56 Å². The molecule has 0 spiro atoms. The van der Waals surface area contributed by atoms with E-state index in [1.54, 1.807) is 16.8 Å². The molecule has 1 fully saturated rings. The maximum Gasteiger partial charge on any atom is 0.329 e. The van der Waals surface area contributed by atoms with Gasteiger partial charge in [0.15, 0.2) is 0 Å². The minimum absolute atomic E-state index is 0.00329. The Morgan fingerprint density at radius 1 is 1.16 bits per heavy atom. The summed E-state index contributed by atoms with van der Waals surface area (Å²) in [6.07, 6.45) is 3.22. The number of amides is 4. The molecule has 9 heteroatoms. The smallest absolute Gasteiger partial charge is 0.329 e. The highest BCUT2D eigenvalue weighted by molar-refractivity contribution is 6.16. The van der Waals surface area contributed by atoms with Gasteiger partial charge in [0.2, 0.25) is 5.91 Å². The molecular formula is C22H16FN5O3. The third-order valence-corrected chi connectivity index (χ3v) is 4.77. The highest BCUT2D eigenvalue weighted by atomic mass is 19.1. The predicted octanol–water partition coefficient (Wildman–Crippen LogP) is 2.84. The Bertz CT molecular complexity index is 1290. The molecule has 3 aromatic rings. The number of hydrogen-bond donors (Lipinski definition) is 2. The number of para-hydroxylation sites is 2. The van der Waals surface area contributed by atoms with Crippen LogP contribution < -0.4 is 10.6 Å². The zero-order valence-electron chi connectivity index (χ0n) is 16.1. The Labute approximate surface area is 176 Å². The second kappa shape index (κ2) is 8.12. The van der Waals surface area contributed by atoms with E-state index >= 15 is 0 Å². The van der Waals surface area contributed by atoms with Gasteiger partial charge in [0, 0.05) is 22.7 Å². The van der Waals surface area contributed by atoms with E-state index in [1.165, 1.54) is 24.3 Å². The minimum Gasteiger partial charge on any atom is -0.333 e. The number of halogens is 1. The van der Waals surface area contributed by atoms with Gasteiger partial charge in [-0.2, -0.15) is 5.26 Å². The second-order valence-corrected chi connectivity index (χ2v) is 6.80. The van der Waals surface area contributed by atoms with E-state index in [0.29, 0.717) is 5.56 Å². The van der Waals surface area contributed by atoms with Crippen molar-refractivity contribution < 1.29 is 18.8 Å². The van der Waals surface area contributed by atoms with Crippen LogP contribution in [0.3, 0.4) is 0 Å². The SMILES string of the molecule is N#CCn1cc(/C=C2/NC(=O)N(CC(=O)Nc3ccccc3F)C2=O)c2ccccc21. The van der Waals surface area contributed by atoms with E-state index in [9.17, 15) is 18.8 Å². The van der Waals surface area contributed by atoms with Gasteiger partial charge >= 0.3 is 6.03 Å². The third kappa shape index (κ3) is 3.86. The summed E-state index contributed by atoms with van der Waals surface area (Å²) < 4.78 is 15.4. The maximum absolute atomic E-state index is 13.7. The van der Waals surface area contributed by atoms with Crippen LogP contribution in [0.4, 0.5) is 14.9 Å². The number of carbonyl (C=O) groups excluding carboxylic acids is 3. The molecule has 0 atom stereocenters. The average molecular weight is 417 g/mol. The fraction of sp³-hybridized carbons (Fsp3) is 0.0909. The summed E-state index contributed by atoms with van der Waals surface area (Å²) in [5, 5.41) is 14.6. The Morgan fingerprint density at radius 2 is 1.90 bits per heavy atom. The van der Waals surface area contributed by atoms with Crippen molar-refractivity contribution in [2.24, 2.45) is 0 Å². The lowest BCUT2D eigenvalue weighted by atomic mass is 10.1. The van der Waals surface area contributed by atoms with Crippen molar-refractivity contribution in [1.29, 1.82) is 5.26 Å². The summed E-state index contributed by atoms with van der Waals surface area (Å²) in [6, 6.07) is 14.3. The summed E-state index contributed by atoms with van der Waals surface area (Å²) >= 11 is 0. The Balaban J connectivity index is 1.55. The van der Waals surface area contributed by atoms with Gasteiger partial charge in [0.05, 0.1) is 11.8 Å². The molecular weight excluding hydrogens is 401 g/mol. The van der Waals surface area contributed by atoms with Crippen molar-refractivity contribution >= 4 is 40.5 Å². The molecule has 1 aliphatic heterocycles. The van der Waals surface area contributed by atoms with Crippen LogP contribution in [0, 0.1) is 17.1 Å². The third-order valence-electron chi connectivity index (χ3n) is 4.77. The molecule has 4 amide bonds. The zero-order chi connectivity index (χ0) is 22.0. The van der Waals surface area contributed by atoms with Gasteiger partial charge in [0.25, 0.3) is 5.91 Å². The number of urea groups is 1. The fourth-order valence-corrected chi connectivity index (χ4v) is 3.36. The summed E-state index contributed by atoms with van der Waals surface area (Å²) in [6.45, 7) is -0.432. The fourth-order valence-electron chi connectivity index (χ4n) is 3.36. The van der Waals surface area contributed by atoms with E-state index < -0.39 is 30.2 Å². The summed E-state index contributed by atoms with van der Waals surface area (Å²) in [7, 11) is 0. The number of benzene rings is 2. The first-order valence-electron chi connectivity index (χ1n) is 9.31. The molecule has 31 heavy (non-hydrogen) atoms. The lowest BCUT2D eigenvalue weighted by Crippen LogP contribution is -2.38. The molecule has 1 aliphatic rings. The number of rotatable bonds is 5. The molecule has 1 aromatic heterocycles. The molecule has 4 rings (SSSR count). The van der Waals surface area contributed by atoms with Crippen molar-refractivity contribution in [3.63, 3.8) is 0 Å². The molecule has 2 N–H and O–H groups in total. The maximum atomic E-state index is 13.7. The predicted molar refractivity (Wildman–Crippen MR) is 111 cm³/mol. The molecule has 2 aromatic carbocycles. The van der Waals surface area contributed by atoms with Crippen LogP contribution in [0.15, 0.2) is 60.4 Å². The number of hydrogen-bond acceptors (Lipinski definition) is 4. The van der Waals surface area contributed by atoms with Crippen LogP contribution >= 0.6 is 0 Å². The highest BCUT2D eigenvalue weighted by Crippen LogP contribution is 2.24. The number of anilines is 1. The Hall–Kier alpha value is -4.45. The molecule has 154 valence electrons. The lowest BCUT2D eigenvalue weighted by molar-refractivity contribution is -0.127. The van der Waals surface area contributed by atoms with E-state index in [0.717, 1.165) is 15.8 Å². The summed E-state index contributed by atoms with van der Waals surface area (Å²) in [4.78, 5) is 37.9. The zero-order valence-corrected chi connectivity index (χ0v) is 16.1. The largest absolute Gasteiger partial charge is 0.333 e. The molecule has 8 nitrogen and oxygen atoms in total. The normalized spacial score (nSPS) is 14.7. The monoisotopic (exact) mass is 417 g/mol. The van der Waals surface area contributed by atoms with Crippen LogP contribution in [-0.2, 0) is 16.1 Å². The van der Waals surface area contributed by atoms with Crippen LogP contribution in [0.2, 0.25) is 0 Å². The molecule has 0 saturated carbocycles. The first kappa shape index (κ1) is 19.8. The molecule has 0 aliphatic carbocycles. The molecule has 0 unspecified atom stereocenters. The standard InChI is InChI=1S/C22H16FN5O3/c23-16-6-2-3-7-17(16)25-20(29)13-28-21(30)18(26-22(28)31)11-14-12-27(10-9-24)19-8-4-1-5-15(14)19/h1-8,11-12H,10,13H2,(H,25,29)(H,26,31)/b18-11+. The van der Waals surface area contributed by atoms with E-state index in [4.69, 9.17) is 5.26 Å². The van der Waals surface area contributed by atoms with Crippen molar-refractivity contribution in [2.75, 3.05) is 11.9 Å². The highest BCUT2D eigenvalue weighted by Gasteiger charge is 2.35. The molecule has 0 radical (unpaired) electrons. The van der Waals surface area contributed by atoms with E-state index in [-0.39, 0.29) is 17.9 Å². The molecule has 1 saturated heterocycles. The number of imide groups is 1. The van der Waals surface area contributed by atoms with Crippen molar-refractivity contribution in [3.8, 4) is 6.07 Å². The van der Waals surface area contributed by atoms with Crippen LogP contribution in [0.5, 0.6) is 0 Å². The van der Waals surface area contributed by atoms with Gasteiger partial charge in [-0.05, 0) is 24.3 Å². The van der Waals surface area contributed by atoms with Gasteiger partial charge in [-0.1, -0.05) is 30.3 Å². The number of nitriles is 1. The number of nitrogens with zero attached hydrogens (tertiary/aromatic N) is 3. The number of nitrogens with one attached hydrogen (secondary N) is 2. The van der Waals surface area contributed by atoms with Crippen molar-refractivity contribution in [1.82, 2.24) is 14.8 Å². The number of aromatic nitrogens is 1. The van der Waals surface area contributed by atoms with Crippen molar-refractivity contribution in [3.05, 3.63) is 71.8 Å².